The Bertz CT molecular complexity index is 1080. The predicted octanol–water partition coefficient (Wildman–Crippen LogP) is 3.40. The summed E-state index contributed by atoms with van der Waals surface area (Å²) in [5.41, 5.74) is -2.02. The number of hydrogen-bond acceptors (Lipinski definition) is 5. The smallest absolute Gasteiger partial charge is 0.363 e. The van der Waals surface area contributed by atoms with Crippen LogP contribution in [0, 0.1) is 21.7 Å². The molecule has 2 aromatic rings. The fraction of sp³-hybridized carbons (Fsp3) is 0.294. The second kappa shape index (κ2) is 7.80. The second-order valence-corrected chi connectivity index (χ2v) is 8.33. The highest BCUT2D eigenvalue weighted by molar-refractivity contribution is 7.89. The summed E-state index contributed by atoms with van der Waals surface area (Å²) in [7, 11) is -4.29. The lowest BCUT2D eigenvalue weighted by Crippen LogP contribution is -2.49. The fourth-order valence-electron chi connectivity index (χ4n) is 3.11. The summed E-state index contributed by atoms with van der Waals surface area (Å²) in [6.45, 7) is -0.544. The first-order valence-corrected chi connectivity index (χ1v) is 9.91. The monoisotopic (exact) mass is 451 g/mol. The van der Waals surface area contributed by atoms with Crippen molar-refractivity contribution < 1.29 is 35.3 Å². The van der Waals surface area contributed by atoms with E-state index < -0.39 is 48.9 Å². The van der Waals surface area contributed by atoms with Gasteiger partial charge in [0.2, 0.25) is 10.0 Å². The molecular weight excluding hydrogens is 437 g/mol. The Labute approximate surface area is 167 Å². The molecular formula is C17H14F5N3O4S. The van der Waals surface area contributed by atoms with Crippen LogP contribution < -0.4 is 4.90 Å². The van der Waals surface area contributed by atoms with Crippen LogP contribution in [0.3, 0.4) is 0 Å². The molecule has 1 saturated heterocycles. The molecule has 13 heteroatoms. The average Bonchev–Trinajstić information content (AvgIpc) is 2.66. The zero-order valence-electron chi connectivity index (χ0n) is 15.1. The van der Waals surface area contributed by atoms with Gasteiger partial charge in [-0.1, -0.05) is 0 Å². The topological polar surface area (TPSA) is 83.8 Å². The molecule has 1 aliphatic rings. The predicted molar refractivity (Wildman–Crippen MR) is 95.4 cm³/mol. The van der Waals surface area contributed by atoms with Gasteiger partial charge in [-0.2, -0.15) is 17.5 Å². The summed E-state index contributed by atoms with van der Waals surface area (Å²) in [6.07, 6.45) is -4.75. The summed E-state index contributed by atoms with van der Waals surface area (Å²) in [4.78, 5) is 11.0. The summed E-state index contributed by atoms with van der Waals surface area (Å²) >= 11 is 0. The van der Waals surface area contributed by atoms with Gasteiger partial charge in [0.1, 0.15) is 22.2 Å². The number of anilines is 1. The van der Waals surface area contributed by atoms with E-state index in [-0.39, 0.29) is 31.9 Å². The Kier molecular flexibility index (Phi) is 5.69. The van der Waals surface area contributed by atoms with Crippen LogP contribution in [0.4, 0.5) is 33.3 Å². The van der Waals surface area contributed by atoms with E-state index in [1.807, 2.05) is 0 Å². The van der Waals surface area contributed by atoms with Crippen molar-refractivity contribution in [1.29, 1.82) is 0 Å². The largest absolute Gasteiger partial charge is 0.416 e. The van der Waals surface area contributed by atoms with Gasteiger partial charge in [-0.05, 0) is 24.3 Å². The molecule has 0 N–H and O–H groups in total. The highest BCUT2D eigenvalue weighted by Crippen LogP contribution is 2.37. The van der Waals surface area contributed by atoms with Crippen molar-refractivity contribution in [2.24, 2.45) is 0 Å². The number of piperazine rings is 1. The number of nitro groups is 1. The molecule has 1 aliphatic heterocycles. The minimum absolute atomic E-state index is 0.0752. The number of alkyl halides is 3. The number of rotatable bonds is 4. The molecule has 30 heavy (non-hydrogen) atoms. The van der Waals surface area contributed by atoms with Crippen molar-refractivity contribution >= 4 is 21.4 Å². The van der Waals surface area contributed by atoms with Crippen LogP contribution in [0.2, 0.25) is 0 Å². The van der Waals surface area contributed by atoms with Crippen LogP contribution >= 0.6 is 0 Å². The van der Waals surface area contributed by atoms with Gasteiger partial charge in [-0.25, -0.2) is 17.2 Å². The number of nitrogens with zero attached hydrogens (tertiary/aromatic N) is 3. The van der Waals surface area contributed by atoms with Crippen molar-refractivity contribution in [2.45, 2.75) is 11.1 Å². The third-order valence-electron chi connectivity index (χ3n) is 4.59. The SMILES string of the molecule is O=[N+]([O-])c1cc(C(F)(F)F)ccc1N1CCN(S(=O)(=O)c2ccc(F)cc2F)CC1. The number of nitro benzene ring substituents is 1. The third kappa shape index (κ3) is 4.21. The highest BCUT2D eigenvalue weighted by Gasteiger charge is 2.36. The quantitative estimate of drug-likeness (QED) is 0.404. The molecule has 0 saturated carbocycles. The normalized spacial score (nSPS) is 16.0. The molecule has 0 aromatic heterocycles. The Balaban J connectivity index is 1.82. The van der Waals surface area contributed by atoms with E-state index >= 15 is 0 Å². The molecule has 0 atom stereocenters. The van der Waals surface area contributed by atoms with Gasteiger partial charge in [0.15, 0.2) is 0 Å². The lowest BCUT2D eigenvalue weighted by molar-refractivity contribution is -0.384. The van der Waals surface area contributed by atoms with Crippen molar-refractivity contribution in [1.82, 2.24) is 4.31 Å². The van der Waals surface area contributed by atoms with Gasteiger partial charge in [0.25, 0.3) is 5.69 Å². The van der Waals surface area contributed by atoms with Gasteiger partial charge in [-0.15, -0.1) is 0 Å². The lowest BCUT2D eigenvalue weighted by atomic mass is 10.1. The zero-order valence-corrected chi connectivity index (χ0v) is 15.9. The standard InChI is InChI=1S/C17H14F5N3O4S/c18-12-2-4-16(13(19)10-12)30(28,29)24-7-5-23(6-8-24)14-3-1-11(17(20,21)22)9-15(14)25(26)27/h1-4,9-10H,5-8H2. The molecule has 1 heterocycles. The molecule has 0 aliphatic carbocycles. The van der Waals surface area contributed by atoms with Gasteiger partial charge < -0.3 is 4.90 Å². The van der Waals surface area contributed by atoms with Gasteiger partial charge >= 0.3 is 6.18 Å². The van der Waals surface area contributed by atoms with E-state index in [2.05, 4.69) is 0 Å². The van der Waals surface area contributed by atoms with Gasteiger partial charge in [0, 0.05) is 38.3 Å². The molecule has 0 radical (unpaired) electrons. The third-order valence-corrected chi connectivity index (χ3v) is 6.52. The Morgan fingerprint density at radius 1 is 0.967 bits per heavy atom. The van der Waals surface area contributed by atoms with Crippen LogP contribution in [-0.4, -0.2) is 43.8 Å². The van der Waals surface area contributed by atoms with E-state index in [0.717, 1.165) is 22.5 Å². The molecule has 2 aromatic carbocycles. The summed E-state index contributed by atoms with van der Waals surface area (Å²) in [5, 5.41) is 11.3. The number of hydrogen-bond donors (Lipinski definition) is 0. The maximum atomic E-state index is 13.9. The molecule has 162 valence electrons. The maximum absolute atomic E-state index is 13.9. The summed E-state index contributed by atoms with van der Waals surface area (Å²) < 4.78 is 91.6. The van der Waals surface area contributed by atoms with Crippen molar-refractivity contribution in [3.8, 4) is 0 Å². The Morgan fingerprint density at radius 3 is 2.13 bits per heavy atom. The van der Waals surface area contributed by atoms with E-state index in [0.29, 0.717) is 18.2 Å². The molecule has 7 nitrogen and oxygen atoms in total. The number of halogens is 5. The first-order valence-electron chi connectivity index (χ1n) is 8.47. The first-order chi connectivity index (χ1) is 13.9. The van der Waals surface area contributed by atoms with Crippen molar-refractivity contribution in [3.05, 3.63) is 63.7 Å². The molecule has 0 bridgehead atoms. The minimum atomic E-state index is -4.75. The van der Waals surface area contributed by atoms with E-state index in [1.54, 1.807) is 0 Å². The van der Waals surface area contributed by atoms with Crippen LogP contribution in [0.5, 0.6) is 0 Å². The second-order valence-electron chi connectivity index (χ2n) is 6.42. The first kappa shape index (κ1) is 21.9. The van der Waals surface area contributed by atoms with Crippen LogP contribution in [-0.2, 0) is 16.2 Å². The van der Waals surface area contributed by atoms with E-state index in [1.165, 1.54) is 4.90 Å². The van der Waals surface area contributed by atoms with E-state index in [9.17, 15) is 40.5 Å². The van der Waals surface area contributed by atoms with Gasteiger partial charge in [0.05, 0.1) is 10.5 Å². The molecule has 0 amide bonds. The number of benzene rings is 2. The Hall–Kier alpha value is -2.80. The summed E-state index contributed by atoms with van der Waals surface area (Å²) in [6, 6.07) is 4.13. The fourth-order valence-corrected chi connectivity index (χ4v) is 4.57. The molecule has 0 unspecified atom stereocenters. The van der Waals surface area contributed by atoms with Gasteiger partial charge in [-0.3, -0.25) is 10.1 Å². The average molecular weight is 451 g/mol. The van der Waals surface area contributed by atoms with Crippen molar-refractivity contribution in [2.75, 3.05) is 31.1 Å². The van der Waals surface area contributed by atoms with Crippen LogP contribution in [0.1, 0.15) is 5.56 Å². The molecule has 0 spiro atoms. The van der Waals surface area contributed by atoms with Crippen LogP contribution in [0.25, 0.3) is 0 Å². The van der Waals surface area contributed by atoms with Crippen molar-refractivity contribution in [3.63, 3.8) is 0 Å². The molecule has 3 rings (SSSR count). The number of sulfonamides is 1. The Morgan fingerprint density at radius 2 is 1.60 bits per heavy atom. The highest BCUT2D eigenvalue weighted by atomic mass is 32.2. The zero-order chi connectivity index (χ0) is 22.3. The lowest BCUT2D eigenvalue weighted by Gasteiger charge is -2.35. The summed E-state index contributed by atoms with van der Waals surface area (Å²) in [5.74, 6) is -2.19. The van der Waals surface area contributed by atoms with Crippen LogP contribution in [0.15, 0.2) is 41.3 Å². The van der Waals surface area contributed by atoms with E-state index in [4.69, 9.17) is 0 Å². The maximum Gasteiger partial charge on any atom is 0.416 e. The minimum Gasteiger partial charge on any atom is -0.363 e. The molecule has 1 fully saturated rings.